The monoisotopic (exact) mass is 436 g/mol. The molecule has 1 atom stereocenters. The number of anilines is 1. The third-order valence-corrected chi connectivity index (χ3v) is 4.74. The van der Waals surface area contributed by atoms with Crippen LogP contribution < -0.4 is 10.2 Å². The third-order valence-electron chi connectivity index (χ3n) is 4.74. The number of benzene rings is 3. The molecular formula is C25H19F3N2O2. The van der Waals surface area contributed by atoms with Crippen molar-refractivity contribution in [2.24, 2.45) is 0 Å². The predicted molar refractivity (Wildman–Crippen MR) is 115 cm³/mol. The van der Waals surface area contributed by atoms with Crippen molar-refractivity contribution in [3.63, 3.8) is 0 Å². The van der Waals surface area contributed by atoms with Gasteiger partial charge in [-0.3, -0.25) is 14.5 Å². The van der Waals surface area contributed by atoms with Gasteiger partial charge in [-0.05, 0) is 29.2 Å². The number of rotatable bonds is 6. The molecule has 3 aromatic rings. The van der Waals surface area contributed by atoms with Crippen LogP contribution >= 0.6 is 0 Å². The van der Waals surface area contributed by atoms with E-state index < -0.39 is 35.3 Å². The number of carbonyl (C=O) groups excluding carboxylic acids is 2. The van der Waals surface area contributed by atoms with Crippen LogP contribution in [0.1, 0.15) is 22.7 Å². The van der Waals surface area contributed by atoms with Gasteiger partial charge in [-0.2, -0.15) is 13.2 Å². The van der Waals surface area contributed by atoms with Crippen LogP contribution in [0.15, 0.2) is 84.9 Å². The minimum Gasteiger partial charge on any atom is -0.350 e. The summed E-state index contributed by atoms with van der Waals surface area (Å²) in [5.41, 5.74) is -0.455. The van der Waals surface area contributed by atoms with E-state index >= 15 is 0 Å². The van der Waals surface area contributed by atoms with E-state index in [0.717, 1.165) is 22.6 Å². The molecule has 0 spiro atoms. The van der Waals surface area contributed by atoms with E-state index in [0.29, 0.717) is 5.56 Å². The van der Waals surface area contributed by atoms with Gasteiger partial charge in [0.1, 0.15) is 6.04 Å². The summed E-state index contributed by atoms with van der Waals surface area (Å²) in [7, 11) is 0. The van der Waals surface area contributed by atoms with Crippen LogP contribution in [0.5, 0.6) is 0 Å². The second-order valence-electron chi connectivity index (χ2n) is 6.85. The van der Waals surface area contributed by atoms with E-state index in [1.807, 2.05) is 12.0 Å². The minimum absolute atomic E-state index is 0.127. The Kier molecular flexibility index (Phi) is 6.96. The van der Waals surface area contributed by atoms with Crippen molar-refractivity contribution in [1.29, 1.82) is 0 Å². The van der Waals surface area contributed by atoms with Crippen LogP contribution in [0, 0.1) is 12.3 Å². The molecule has 4 nitrogen and oxygen atoms in total. The quantitative estimate of drug-likeness (QED) is 0.568. The van der Waals surface area contributed by atoms with E-state index in [1.54, 1.807) is 54.6 Å². The molecular weight excluding hydrogens is 417 g/mol. The van der Waals surface area contributed by atoms with Crippen LogP contribution in [-0.2, 0) is 22.3 Å². The molecule has 162 valence electrons. The Hall–Kier alpha value is -4.05. The molecule has 3 aromatic carbocycles. The molecule has 0 radical (unpaired) electrons. The number of nitrogens with zero attached hydrogens (tertiary/aromatic N) is 1. The highest BCUT2D eigenvalue weighted by molar-refractivity contribution is 6.10. The number of carbonyl (C=O) groups is 2. The molecule has 0 saturated heterocycles. The average molecular weight is 436 g/mol. The second kappa shape index (κ2) is 9.84. The first kappa shape index (κ1) is 22.6. The maximum Gasteiger partial charge on any atom is 0.418 e. The topological polar surface area (TPSA) is 49.4 Å². The highest BCUT2D eigenvalue weighted by Crippen LogP contribution is 2.39. The molecule has 2 amide bonds. The first-order valence-electron chi connectivity index (χ1n) is 9.65. The van der Waals surface area contributed by atoms with Crippen molar-refractivity contribution in [2.75, 3.05) is 4.90 Å². The summed E-state index contributed by atoms with van der Waals surface area (Å²) in [6.07, 6.45) is 0.538. The molecule has 3 rings (SSSR count). The van der Waals surface area contributed by atoms with Crippen molar-refractivity contribution in [3.8, 4) is 12.3 Å². The molecule has 0 aromatic heterocycles. The van der Waals surface area contributed by atoms with E-state index in [-0.39, 0.29) is 6.54 Å². The Morgan fingerprint density at radius 3 is 2.06 bits per heavy atom. The number of amides is 2. The van der Waals surface area contributed by atoms with Crippen molar-refractivity contribution < 1.29 is 22.8 Å². The molecule has 0 bridgehead atoms. The molecule has 0 aliphatic heterocycles. The molecule has 0 saturated carbocycles. The van der Waals surface area contributed by atoms with Crippen molar-refractivity contribution in [3.05, 3.63) is 102 Å². The Labute approximate surface area is 183 Å². The first-order valence-corrected chi connectivity index (χ1v) is 9.65. The Bertz CT molecular complexity index is 1120. The van der Waals surface area contributed by atoms with Gasteiger partial charge >= 0.3 is 12.1 Å². The molecule has 32 heavy (non-hydrogen) atoms. The van der Waals surface area contributed by atoms with Crippen molar-refractivity contribution in [1.82, 2.24) is 5.32 Å². The zero-order chi connectivity index (χ0) is 23.1. The number of halogens is 3. The van der Waals surface area contributed by atoms with Gasteiger partial charge in [-0.15, -0.1) is 6.42 Å². The van der Waals surface area contributed by atoms with Gasteiger partial charge in [0.25, 0.3) is 0 Å². The lowest BCUT2D eigenvalue weighted by Crippen LogP contribution is -2.44. The van der Waals surface area contributed by atoms with Gasteiger partial charge in [-0.1, -0.05) is 72.8 Å². The smallest absolute Gasteiger partial charge is 0.350 e. The standard InChI is InChI=1S/C25H19F3N2O2/c1-2-22(31)30(21-16-10-9-15-20(21)25(26,27)28)23(19-13-7-4-8-14-19)24(32)29-17-18-11-5-3-6-12-18/h1,3-16,23H,17H2,(H,29,32). The van der Waals surface area contributed by atoms with E-state index in [4.69, 9.17) is 6.42 Å². The zero-order valence-electron chi connectivity index (χ0n) is 16.8. The highest BCUT2D eigenvalue weighted by atomic mass is 19.4. The van der Waals surface area contributed by atoms with E-state index in [1.165, 1.54) is 12.1 Å². The van der Waals surface area contributed by atoms with Crippen LogP contribution in [0.2, 0.25) is 0 Å². The largest absolute Gasteiger partial charge is 0.418 e. The fourth-order valence-electron chi connectivity index (χ4n) is 3.29. The van der Waals surface area contributed by atoms with Gasteiger partial charge in [0.2, 0.25) is 5.91 Å². The predicted octanol–water partition coefficient (Wildman–Crippen LogP) is 4.73. The number of nitrogens with one attached hydrogen (secondary N) is 1. The lowest BCUT2D eigenvalue weighted by Gasteiger charge is -2.31. The number of hydrogen-bond acceptors (Lipinski definition) is 2. The summed E-state index contributed by atoms with van der Waals surface area (Å²) in [6, 6.07) is 20.2. The maximum atomic E-state index is 13.7. The number of alkyl halides is 3. The Morgan fingerprint density at radius 1 is 0.906 bits per heavy atom. The highest BCUT2D eigenvalue weighted by Gasteiger charge is 2.39. The molecule has 7 heteroatoms. The van der Waals surface area contributed by atoms with Crippen molar-refractivity contribution >= 4 is 17.5 Å². The molecule has 0 aliphatic rings. The Balaban J connectivity index is 2.09. The lowest BCUT2D eigenvalue weighted by molar-refractivity contribution is -0.137. The van der Waals surface area contributed by atoms with Gasteiger partial charge in [0.15, 0.2) is 0 Å². The number of hydrogen-bond donors (Lipinski definition) is 1. The van der Waals surface area contributed by atoms with Crippen LogP contribution in [-0.4, -0.2) is 11.8 Å². The summed E-state index contributed by atoms with van der Waals surface area (Å²) in [5, 5.41) is 2.70. The van der Waals surface area contributed by atoms with E-state index in [2.05, 4.69) is 5.32 Å². The van der Waals surface area contributed by atoms with Crippen LogP contribution in [0.4, 0.5) is 18.9 Å². The van der Waals surface area contributed by atoms with Crippen LogP contribution in [0.25, 0.3) is 0 Å². The molecule has 0 heterocycles. The summed E-state index contributed by atoms with van der Waals surface area (Å²) >= 11 is 0. The molecule has 1 N–H and O–H groups in total. The fourth-order valence-corrected chi connectivity index (χ4v) is 3.29. The lowest BCUT2D eigenvalue weighted by atomic mass is 10.0. The SMILES string of the molecule is C#CC(=O)N(c1ccccc1C(F)(F)F)C(C(=O)NCc1ccccc1)c1ccccc1. The van der Waals surface area contributed by atoms with Gasteiger partial charge in [0.05, 0.1) is 11.3 Å². The summed E-state index contributed by atoms with van der Waals surface area (Å²) in [5.74, 6) is 0.130. The fraction of sp³-hybridized carbons (Fsp3) is 0.120. The molecule has 0 aliphatic carbocycles. The third kappa shape index (κ3) is 5.16. The van der Waals surface area contributed by atoms with Gasteiger partial charge in [0, 0.05) is 6.54 Å². The summed E-state index contributed by atoms with van der Waals surface area (Å²) in [4.78, 5) is 26.7. The summed E-state index contributed by atoms with van der Waals surface area (Å²) < 4.78 is 41.2. The zero-order valence-corrected chi connectivity index (χ0v) is 16.8. The minimum atomic E-state index is -4.76. The van der Waals surface area contributed by atoms with Gasteiger partial charge < -0.3 is 5.32 Å². The number of para-hydroxylation sites is 1. The number of terminal acetylenes is 1. The maximum absolute atomic E-state index is 13.7. The summed E-state index contributed by atoms with van der Waals surface area (Å²) in [6.45, 7) is 0.127. The normalized spacial score (nSPS) is 11.8. The first-order chi connectivity index (χ1) is 15.3. The van der Waals surface area contributed by atoms with Crippen LogP contribution in [0.3, 0.4) is 0 Å². The Morgan fingerprint density at radius 2 is 1.47 bits per heavy atom. The molecule has 0 fully saturated rings. The average Bonchev–Trinajstić information content (AvgIpc) is 2.81. The molecule has 1 unspecified atom stereocenters. The van der Waals surface area contributed by atoms with E-state index in [9.17, 15) is 22.8 Å². The second-order valence-corrected chi connectivity index (χ2v) is 6.85. The van der Waals surface area contributed by atoms with Gasteiger partial charge in [-0.25, -0.2) is 0 Å². The van der Waals surface area contributed by atoms with Crippen molar-refractivity contribution in [2.45, 2.75) is 18.8 Å².